The van der Waals surface area contributed by atoms with Crippen molar-refractivity contribution >= 4 is 9.84 Å². The van der Waals surface area contributed by atoms with Crippen LogP contribution in [-0.4, -0.2) is 46.8 Å². The summed E-state index contributed by atoms with van der Waals surface area (Å²) in [6.45, 7) is 2.22. The predicted molar refractivity (Wildman–Crippen MR) is 87.4 cm³/mol. The van der Waals surface area contributed by atoms with Gasteiger partial charge in [-0.1, -0.05) is 6.07 Å². The molecule has 0 fully saturated rings. The Hall–Kier alpha value is -1.84. The Balaban J connectivity index is 1.70. The molecule has 0 unspecified atom stereocenters. The van der Waals surface area contributed by atoms with Gasteiger partial charge in [0.1, 0.15) is 15.9 Å². The molecule has 1 atom stereocenters. The van der Waals surface area contributed by atoms with Crippen molar-refractivity contribution < 1.29 is 22.3 Å². The van der Waals surface area contributed by atoms with E-state index in [9.17, 15) is 22.3 Å². The van der Waals surface area contributed by atoms with Gasteiger partial charge in [-0.2, -0.15) is 5.10 Å². The van der Waals surface area contributed by atoms with Gasteiger partial charge in [0.15, 0.2) is 11.6 Å². The van der Waals surface area contributed by atoms with Gasteiger partial charge in [0.2, 0.25) is 0 Å². The van der Waals surface area contributed by atoms with E-state index in [1.165, 1.54) is 6.07 Å². The van der Waals surface area contributed by atoms with Gasteiger partial charge >= 0.3 is 0 Å². The lowest BCUT2D eigenvalue weighted by Gasteiger charge is -2.27. The quantitative estimate of drug-likeness (QED) is 0.856. The fourth-order valence-corrected chi connectivity index (χ4v) is 3.65. The number of aliphatic hydroxyl groups excluding tert-OH is 1. The van der Waals surface area contributed by atoms with Crippen LogP contribution in [-0.2, 0) is 29.5 Å². The number of hydrogen-bond donors (Lipinski definition) is 1. The molecular formula is C16H19F2N3O3S. The van der Waals surface area contributed by atoms with E-state index in [-0.39, 0.29) is 5.75 Å². The summed E-state index contributed by atoms with van der Waals surface area (Å²) >= 11 is 0. The normalized spacial score (nSPS) is 16.6. The van der Waals surface area contributed by atoms with E-state index in [1.54, 1.807) is 16.8 Å². The van der Waals surface area contributed by atoms with Gasteiger partial charge in [0.25, 0.3) is 0 Å². The molecule has 0 saturated heterocycles. The molecule has 1 aliphatic heterocycles. The maximum Gasteiger partial charge on any atom is 0.159 e. The van der Waals surface area contributed by atoms with Crippen LogP contribution in [0.25, 0.3) is 0 Å². The first kappa shape index (κ1) is 18.0. The van der Waals surface area contributed by atoms with Gasteiger partial charge in [-0.15, -0.1) is 0 Å². The molecule has 9 heteroatoms. The Morgan fingerprint density at radius 3 is 2.68 bits per heavy atom. The first-order valence-corrected chi connectivity index (χ1v) is 9.86. The maximum atomic E-state index is 13.3. The molecule has 0 saturated carbocycles. The Kier molecular flexibility index (Phi) is 4.90. The largest absolute Gasteiger partial charge is 0.386 e. The molecule has 1 aliphatic rings. The van der Waals surface area contributed by atoms with Crippen molar-refractivity contribution in [2.24, 2.45) is 0 Å². The average molecular weight is 371 g/mol. The lowest BCUT2D eigenvalue weighted by molar-refractivity contribution is 0.191. The summed E-state index contributed by atoms with van der Waals surface area (Å²) in [5.41, 5.74) is 1.84. The molecule has 1 aromatic heterocycles. The Morgan fingerprint density at radius 2 is 2.00 bits per heavy atom. The van der Waals surface area contributed by atoms with Gasteiger partial charge in [0, 0.05) is 25.9 Å². The van der Waals surface area contributed by atoms with Crippen LogP contribution >= 0.6 is 0 Å². The first-order chi connectivity index (χ1) is 11.7. The number of fused-ring (bicyclic) bond motifs is 1. The minimum atomic E-state index is -3.31. The Bertz CT molecular complexity index is 883. The zero-order valence-electron chi connectivity index (χ0n) is 13.7. The molecule has 2 aromatic rings. The van der Waals surface area contributed by atoms with Crippen molar-refractivity contribution in [3.8, 4) is 0 Å². The molecule has 0 spiro atoms. The van der Waals surface area contributed by atoms with Crippen molar-refractivity contribution in [1.29, 1.82) is 0 Å². The smallest absolute Gasteiger partial charge is 0.159 e. The number of halogens is 2. The molecule has 3 rings (SSSR count). The zero-order chi connectivity index (χ0) is 18.2. The second-order valence-electron chi connectivity index (χ2n) is 6.35. The number of aliphatic hydroxyl groups is 1. The van der Waals surface area contributed by atoms with Crippen LogP contribution in [0.3, 0.4) is 0 Å². The van der Waals surface area contributed by atoms with Crippen LogP contribution in [0.1, 0.15) is 23.1 Å². The summed E-state index contributed by atoms with van der Waals surface area (Å²) < 4.78 is 50.7. The molecule has 6 nitrogen and oxygen atoms in total. The fraction of sp³-hybridized carbons (Fsp3) is 0.438. The maximum absolute atomic E-state index is 13.3. The minimum absolute atomic E-state index is 0.329. The standard InChI is InChI=1S/C16H19F2N3O3S/c1-25(23,24)10-16(22)15-7-12-9-20(4-5-21(12)19-15)8-11-2-3-13(17)14(18)6-11/h2-3,6-7,16,22H,4-5,8-10H2,1H3/t16-/m0/s1. The van der Waals surface area contributed by atoms with Crippen molar-refractivity contribution in [2.45, 2.75) is 25.7 Å². The Labute approximate surface area is 144 Å². The molecule has 0 amide bonds. The molecule has 136 valence electrons. The minimum Gasteiger partial charge on any atom is -0.386 e. The highest BCUT2D eigenvalue weighted by molar-refractivity contribution is 7.90. The van der Waals surface area contributed by atoms with Gasteiger partial charge in [-0.05, 0) is 23.8 Å². The monoisotopic (exact) mass is 371 g/mol. The van der Waals surface area contributed by atoms with Crippen molar-refractivity contribution in [2.75, 3.05) is 18.6 Å². The van der Waals surface area contributed by atoms with E-state index < -0.39 is 27.6 Å². The number of benzene rings is 1. The lowest BCUT2D eigenvalue weighted by atomic mass is 10.1. The highest BCUT2D eigenvalue weighted by atomic mass is 32.2. The summed E-state index contributed by atoms with van der Waals surface area (Å²) in [4.78, 5) is 2.05. The number of hydrogen-bond acceptors (Lipinski definition) is 5. The summed E-state index contributed by atoms with van der Waals surface area (Å²) in [7, 11) is -3.31. The van der Waals surface area contributed by atoms with Gasteiger partial charge in [-0.3, -0.25) is 9.58 Å². The van der Waals surface area contributed by atoms with Crippen molar-refractivity contribution in [1.82, 2.24) is 14.7 Å². The summed E-state index contributed by atoms with van der Waals surface area (Å²) in [6, 6.07) is 5.53. The summed E-state index contributed by atoms with van der Waals surface area (Å²) in [6.07, 6.45) is -0.0942. The Morgan fingerprint density at radius 1 is 1.24 bits per heavy atom. The highest BCUT2D eigenvalue weighted by Gasteiger charge is 2.23. The molecule has 0 aliphatic carbocycles. The van der Waals surface area contributed by atoms with Gasteiger partial charge in [-0.25, -0.2) is 17.2 Å². The second-order valence-corrected chi connectivity index (χ2v) is 8.54. The molecule has 0 bridgehead atoms. The van der Waals surface area contributed by atoms with E-state index in [0.717, 1.165) is 18.0 Å². The molecule has 25 heavy (non-hydrogen) atoms. The van der Waals surface area contributed by atoms with Gasteiger partial charge < -0.3 is 5.11 Å². The second kappa shape index (κ2) is 6.81. The summed E-state index contributed by atoms with van der Waals surface area (Å²) in [5, 5.41) is 14.3. The van der Waals surface area contributed by atoms with Crippen molar-refractivity contribution in [3.05, 3.63) is 52.9 Å². The number of nitrogens with zero attached hydrogens (tertiary/aromatic N) is 3. The number of rotatable bonds is 5. The summed E-state index contributed by atoms with van der Waals surface area (Å²) in [5.74, 6) is -2.11. The zero-order valence-corrected chi connectivity index (χ0v) is 14.5. The van der Waals surface area contributed by atoms with Crippen LogP contribution in [0, 0.1) is 11.6 Å². The molecule has 2 heterocycles. The van der Waals surface area contributed by atoms with Crippen LogP contribution in [0.15, 0.2) is 24.3 Å². The molecule has 1 aromatic carbocycles. The predicted octanol–water partition coefficient (Wildman–Crippen LogP) is 1.26. The van der Waals surface area contributed by atoms with Crippen LogP contribution in [0.2, 0.25) is 0 Å². The third-order valence-electron chi connectivity index (χ3n) is 4.09. The van der Waals surface area contributed by atoms with Crippen LogP contribution in [0.5, 0.6) is 0 Å². The van der Waals surface area contributed by atoms with E-state index in [4.69, 9.17) is 0 Å². The number of sulfone groups is 1. The van der Waals surface area contributed by atoms with E-state index in [0.29, 0.717) is 37.4 Å². The topological polar surface area (TPSA) is 75.4 Å². The van der Waals surface area contributed by atoms with E-state index >= 15 is 0 Å². The first-order valence-electron chi connectivity index (χ1n) is 7.80. The van der Waals surface area contributed by atoms with E-state index in [1.807, 2.05) is 0 Å². The highest BCUT2D eigenvalue weighted by Crippen LogP contribution is 2.21. The third-order valence-corrected chi connectivity index (χ3v) is 5.01. The third kappa shape index (κ3) is 4.42. The molecular weight excluding hydrogens is 352 g/mol. The van der Waals surface area contributed by atoms with Crippen molar-refractivity contribution in [3.63, 3.8) is 0 Å². The lowest BCUT2D eigenvalue weighted by Crippen LogP contribution is -2.33. The van der Waals surface area contributed by atoms with Crippen LogP contribution in [0.4, 0.5) is 8.78 Å². The average Bonchev–Trinajstić information content (AvgIpc) is 2.93. The SMILES string of the molecule is CS(=O)(=O)C[C@H](O)c1cc2n(n1)CCN(Cc1ccc(F)c(F)c1)C2. The number of aromatic nitrogens is 2. The van der Waals surface area contributed by atoms with Gasteiger partial charge in [0.05, 0.1) is 23.7 Å². The van der Waals surface area contributed by atoms with E-state index in [2.05, 4.69) is 10.00 Å². The molecule has 0 radical (unpaired) electrons. The van der Waals surface area contributed by atoms with Crippen LogP contribution < -0.4 is 0 Å². The molecule has 1 N–H and O–H groups in total. The fourth-order valence-electron chi connectivity index (χ4n) is 2.91.